The molecule has 1 aliphatic rings. The summed E-state index contributed by atoms with van der Waals surface area (Å²) in [5.74, 6) is 0.599. The molecule has 0 spiro atoms. The molecule has 0 saturated carbocycles. The molecule has 10 nitrogen and oxygen atoms in total. The van der Waals surface area contributed by atoms with Crippen LogP contribution in [0.1, 0.15) is 16.4 Å². The summed E-state index contributed by atoms with van der Waals surface area (Å²) in [5.41, 5.74) is 0.976. The Morgan fingerprint density at radius 1 is 1.30 bits per heavy atom. The monoisotopic (exact) mass is 397 g/mol. The lowest BCUT2D eigenvalue weighted by Crippen LogP contribution is -2.37. The molecule has 27 heavy (non-hydrogen) atoms. The summed E-state index contributed by atoms with van der Waals surface area (Å²) in [6, 6.07) is 1.55. The van der Waals surface area contributed by atoms with Gasteiger partial charge in [-0.1, -0.05) is 0 Å². The number of sulfonamides is 1. The second kappa shape index (κ2) is 7.79. The van der Waals surface area contributed by atoms with Crippen LogP contribution in [-0.2, 0) is 14.8 Å². The maximum absolute atomic E-state index is 12.3. The molecule has 3 rings (SSSR count). The van der Waals surface area contributed by atoms with Crippen molar-refractivity contribution >= 4 is 32.8 Å². The first-order valence-electron chi connectivity index (χ1n) is 8.57. The van der Waals surface area contributed by atoms with Crippen molar-refractivity contribution in [1.82, 2.24) is 19.6 Å². The molecule has 2 aromatic rings. The number of aromatic nitrogens is 2. The van der Waals surface area contributed by atoms with Crippen LogP contribution in [0.4, 0.5) is 5.82 Å². The van der Waals surface area contributed by atoms with Gasteiger partial charge in [0, 0.05) is 39.8 Å². The maximum Gasteiger partial charge on any atom is 0.287 e. The molecule has 0 atom stereocenters. The summed E-state index contributed by atoms with van der Waals surface area (Å²) < 4.78 is 35.7. The second-order valence-corrected chi connectivity index (χ2v) is 8.68. The zero-order chi connectivity index (χ0) is 19.6. The van der Waals surface area contributed by atoms with E-state index in [9.17, 15) is 13.2 Å². The molecule has 0 unspecified atom stereocenters. The summed E-state index contributed by atoms with van der Waals surface area (Å²) in [6.45, 7) is 4.31. The molecule has 0 aliphatic carbocycles. The topological polar surface area (TPSA) is 118 Å². The van der Waals surface area contributed by atoms with Crippen molar-refractivity contribution in [1.29, 1.82) is 0 Å². The lowest BCUT2D eigenvalue weighted by molar-refractivity contribution is 0.0930. The average molecular weight is 397 g/mol. The number of anilines is 1. The molecule has 1 fully saturated rings. The van der Waals surface area contributed by atoms with Crippen LogP contribution in [0, 0.1) is 6.92 Å². The van der Waals surface area contributed by atoms with Crippen LogP contribution in [0.25, 0.3) is 11.1 Å². The number of nitrogens with one attached hydrogen (secondary N) is 1. The van der Waals surface area contributed by atoms with E-state index in [-0.39, 0.29) is 18.1 Å². The summed E-state index contributed by atoms with van der Waals surface area (Å²) in [6.07, 6.45) is 0. The molecule has 3 heterocycles. The van der Waals surface area contributed by atoms with E-state index in [4.69, 9.17) is 9.15 Å². The minimum Gasteiger partial charge on any atom is -0.445 e. The fourth-order valence-electron chi connectivity index (χ4n) is 2.69. The van der Waals surface area contributed by atoms with Crippen LogP contribution < -0.4 is 10.2 Å². The number of nitrogens with zero attached hydrogens (tertiary/aromatic N) is 4. The van der Waals surface area contributed by atoms with E-state index in [0.717, 1.165) is 4.31 Å². The largest absolute Gasteiger partial charge is 0.445 e. The van der Waals surface area contributed by atoms with Crippen molar-refractivity contribution < 1.29 is 22.4 Å². The quantitative estimate of drug-likeness (QED) is 0.723. The molecule has 1 N–H and O–H groups in total. The Labute approximate surface area is 157 Å². The standard InChI is InChI=1S/C16H23N5O5S/c1-11-18-12-10-13(16(22)17-4-9-27(23,24)20(2)3)26-14(12)15(19-11)21-5-7-25-8-6-21/h10H,4-9H2,1-3H3,(H,17,22). The van der Waals surface area contributed by atoms with E-state index in [1.54, 1.807) is 13.0 Å². The zero-order valence-electron chi connectivity index (χ0n) is 15.6. The highest BCUT2D eigenvalue weighted by atomic mass is 32.2. The molecular weight excluding hydrogens is 374 g/mol. The smallest absolute Gasteiger partial charge is 0.287 e. The minimum absolute atomic E-state index is 0.0164. The Morgan fingerprint density at radius 3 is 2.67 bits per heavy atom. The lowest BCUT2D eigenvalue weighted by atomic mass is 10.3. The predicted molar refractivity (Wildman–Crippen MR) is 99.4 cm³/mol. The zero-order valence-corrected chi connectivity index (χ0v) is 16.4. The average Bonchev–Trinajstić information content (AvgIpc) is 3.05. The Balaban J connectivity index is 1.78. The first-order valence-corrected chi connectivity index (χ1v) is 10.2. The number of rotatable bonds is 6. The number of carbonyl (C=O) groups excluding carboxylic acids is 1. The van der Waals surface area contributed by atoms with Crippen LogP contribution in [0.2, 0.25) is 0 Å². The Kier molecular flexibility index (Phi) is 5.63. The molecule has 1 aliphatic heterocycles. The van der Waals surface area contributed by atoms with Crippen LogP contribution in [0.5, 0.6) is 0 Å². The number of carbonyl (C=O) groups is 1. The highest BCUT2D eigenvalue weighted by Gasteiger charge is 2.22. The first-order chi connectivity index (χ1) is 12.8. The Hall–Kier alpha value is -2.24. The number of fused-ring (bicyclic) bond motifs is 1. The van der Waals surface area contributed by atoms with E-state index >= 15 is 0 Å². The third-order valence-electron chi connectivity index (χ3n) is 4.20. The molecule has 1 amide bonds. The first kappa shape index (κ1) is 19.5. The maximum atomic E-state index is 12.3. The molecule has 11 heteroatoms. The molecule has 0 radical (unpaired) electrons. The molecule has 148 valence electrons. The highest BCUT2D eigenvalue weighted by molar-refractivity contribution is 7.89. The van der Waals surface area contributed by atoms with Crippen LogP contribution in [0.15, 0.2) is 10.5 Å². The van der Waals surface area contributed by atoms with Gasteiger partial charge in [-0.3, -0.25) is 4.79 Å². The SMILES string of the molecule is Cc1nc(N2CCOCC2)c2oc(C(=O)NCCS(=O)(=O)N(C)C)cc2n1. The second-order valence-electron chi connectivity index (χ2n) is 6.37. The van der Waals surface area contributed by atoms with Crippen LogP contribution >= 0.6 is 0 Å². The minimum atomic E-state index is -3.38. The van der Waals surface area contributed by atoms with Gasteiger partial charge >= 0.3 is 0 Å². The van der Waals surface area contributed by atoms with Crippen molar-refractivity contribution in [3.05, 3.63) is 17.7 Å². The van der Waals surface area contributed by atoms with E-state index in [0.29, 0.717) is 49.0 Å². The van der Waals surface area contributed by atoms with Crippen molar-refractivity contribution in [2.45, 2.75) is 6.92 Å². The van der Waals surface area contributed by atoms with Gasteiger partial charge in [-0.25, -0.2) is 22.7 Å². The lowest BCUT2D eigenvalue weighted by Gasteiger charge is -2.27. The van der Waals surface area contributed by atoms with Gasteiger partial charge in [0.05, 0.1) is 19.0 Å². The van der Waals surface area contributed by atoms with Crippen molar-refractivity contribution in [3.8, 4) is 0 Å². The fraction of sp³-hybridized carbons (Fsp3) is 0.562. The normalized spacial score (nSPS) is 15.5. The van der Waals surface area contributed by atoms with Gasteiger partial charge in [-0.15, -0.1) is 0 Å². The third-order valence-corrected chi connectivity index (χ3v) is 6.03. The van der Waals surface area contributed by atoms with Gasteiger partial charge < -0.3 is 19.4 Å². The summed E-state index contributed by atoms with van der Waals surface area (Å²) >= 11 is 0. The van der Waals surface area contributed by atoms with Crippen molar-refractivity contribution in [3.63, 3.8) is 0 Å². The van der Waals surface area contributed by atoms with Gasteiger partial charge in [-0.2, -0.15) is 0 Å². The number of amides is 1. The number of furan rings is 1. The predicted octanol–water partition coefficient (Wildman–Crippen LogP) is -0.0110. The van der Waals surface area contributed by atoms with Crippen molar-refractivity contribution in [2.24, 2.45) is 0 Å². The van der Waals surface area contributed by atoms with Crippen LogP contribution in [-0.4, -0.2) is 81.3 Å². The van der Waals surface area contributed by atoms with Gasteiger partial charge in [-0.05, 0) is 6.92 Å². The molecular formula is C16H23N5O5S. The fourth-order valence-corrected chi connectivity index (χ4v) is 3.42. The summed E-state index contributed by atoms with van der Waals surface area (Å²) in [5, 5.41) is 2.56. The van der Waals surface area contributed by atoms with E-state index in [1.165, 1.54) is 14.1 Å². The molecule has 1 saturated heterocycles. The Morgan fingerprint density at radius 2 is 2.00 bits per heavy atom. The van der Waals surface area contributed by atoms with Gasteiger partial charge in [0.15, 0.2) is 17.2 Å². The number of morpholine rings is 1. The summed E-state index contributed by atoms with van der Waals surface area (Å²) in [4.78, 5) is 23.2. The summed E-state index contributed by atoms with van der Waals surface area (Å²) in [7, 11) is -0.482. The van der Waals surface area contributed by atoms with E-state index in [2.05, 4.69) is 15.3 Å². The number of aryl methyl sites for hydroxylation is 1. The number of ether oxygens (including phenoxy) is 1. The van der Waals surface area contributed by atoms with Gasteiger partial charge in [0.2, 0.25) is 10.0 Å². The number of hydrogen-bond acceptors (Lipinski definition) is 8. The van der Waals surface area contributed by atoms with Crippen LogP contribution in [0.3, 0.4) is 0 Å². The molecule has 2 aromatic heterocycles. The van der Waals surface area contributed by atoms with Gasteiger partial charge in [0.1, 0.15) is 11.3 Å². The van der Waals surface area contributed by atoms with Gasteiger partial charge in [0.25, 0.3) is 5.91 Å². The van der Waals surface area contributed by atoms with Crippen molar-refractivity contribution in [2.75, 3.05) is 57.6 Å². The molecule has 0 aromatic carbocycles. The Bertz CT molecular complexity index is 934. The number of hydrogen-bond donors (Lipinski definition) is 1. The highest BCUT2D eigenvalue weighted by Crippen LogP contribution is 2.27. The van der Waals surface area contributed by atoms with E-state index in [1.807, 2.05) is 4.90 Å². The third kappa shape index (κ3) is 4.37. The molecule has 0 bridgehead atoms. The van der Waals surface area contributed by atoms with E-state index < -0.39 is 15.9 Å².